The van der Waals surface area contributed by atoms with E-state index in [0.717, 1.165) is 29.1 Å². The smallest absolute Gasteiger partial charge is 0.260 e. The summed E-state index contributed by atoms with van der Waals surface area (Å²) in [7, 11) is 3.62. The molecule has 144 valence electrons. The lowest BCUT2D eigenvalue weighted by Crippen LogP contribution is -2.33. The van der Waals surface area contributed by atoms with Crippen molar-refractivity contribution in [3.63, 3.8) is 0 Å². The molecule has 1 saturated carbocycles. The van der Waals surface area contributed by atoms with Crippen LogP contribution in [0.15, 0.2) is 41.5 Å². The van der Waals surface area contributed by atoms with Crippen molar-refractivity contribution in [1.29, 1.82) is 0 Å². The third-order valence-electron chi connectivity index (χ3n) is 6.54. The van der Waals surface area contributed by atoms with Crippen LogP contribution in [0.1, 0.15) is 27.9 Å². The Morgan fingerprint density at radius 2 is 2.00 bits per heavy atom. The first-order valence-corrected chi connectivity index (χ1v) is 9.90. The number of halogens is 1. The molecule has 2 aromatic heterocycles. The molecule has 2 aliphatic rings. The Morgan fingerprint density at radius 3 is 2.75 bits per heavy atom. The summed E-state index contributed by atoms with van der Waals surface area (Å²) in [5.41, 5.74) is 3.43. The quantitative estimate of drug-likeness (QED) is 0.668. The molecule has 2 unspecified atom stereocenters. The van der Waals surface area contributed by atoms with Crippen molar-refractivity contribution in [1.82, 2.24) is 14.0 Å². The van der Waals surface area contributed by atoms with Gasteiger partial charge in [-0.1, -0.05) is 23.7 Å². The van der Waals surface area contributed by atoms with E-state index < -0.39 is 0 Å². The van der Waals surface area contributed by atoms with Crippen LogP contribution >= 0.6 is 11.6 Å². The molecule has 0 radical (unpaired) electrons. The average Bonchev–Trinajstić information content (AvgIpc) is 3.04. The summed E-state index contributed by atoms with van der Waals surface area (Å²) < 4.78 is 3.45. The van der Waals surface area contributed by atoms with Crippen LogP contribution in [0.3, 0.4) is 0 Å². The molecule has 5 rings (SSSR count). The van der Waals surface area contributed by atoms with Crippen LogP contribution in [0.2, 0.25) is 5.02 Å². The number of aromatic nitrogens is 2. The van der Waals surface area contributed by atoms with Crippen LogP contribution in [0, 0.1) is 12.8 Å². The second kappa shape index (κ2) is 5.74. The molecule has 1 aromatic carbocycles. The van der Waals surface area contributed by atoms with E-state index in [-0.39, 0.29) is 16.9 Å². The van der Waals surface area contributed by atoms with E-state index in [1.807, 2.05) is 47.8 Å². The second-order valence-corrected chi connectivity index (χ2v) is 8.80. The Hall–Kier alpha value is -2.53. The third-order valence-corrected chi connectivity index (χ3v) is 6.77. The molecular formula is C22H22ClN3O2. The maximum atomic E-state index is 13.4. The molecule has 1 aliphatic carbocycles. The van der Waals surface area contributed by atoms with E-state index in [1.54, 1.807) is 17.8 Å². The standard InChI is InChI=1S/C22H22ClN3O2/c1-13-9-25(3)21(28)18-17(11-24(2)19(13)18)20(27)26-10-15-8-22(15,12-26)14-5-4-6-16(23)7-14/h4-7,9,11,15H,8,10,12H2,1-3H3. The number of aryl methyl sites for hydroxylation is 3. The van der Waals surface area contributed by atoms with Gasteiger partial charge in [-0.25, -0.2) is 0 Å². The number of fused-ring (bicyclic) bond motifs is 2. The average molecular weight is 396 g/mol. The first-order valence-electron chi connectivity index (χ1n) is 9.52. The fourth-order valence-electron chi connectivity index (χ4n) is 5.12. The van der Waals surface area contributed by atoms with Gasteiger partial charge in [0.05, 0.1) is 16.5 Å². The van der Waals surface area contributed by atoms with Crippen molar-refractivity contribution < 1.29 is 4.79 Å². The summed E-state index contributed by atoms with van der Waals surface area (Å²) in [6.45, 7) is 3.38. The highest BCUT2D eigenvalue weighted by Gasteiger charge is 2.61. The summed E-state index contributed by atoms with van der Waals surface area (Å²) in [5.74, 6) is 0.413. The van der Waals surface area contributed by atoms with Gasteiger partial charge in [0.15, 0.2) is 0 Å². The van der Waals surface area contributed by atoms with E-state index in [9.17, 15) is 9.59 Å². The van der Waals surface area contributed by atoms with Gasteiger partial charge in [0.1, 0.15) is 0 Å². The summed E-state index contributed by atoms with van der Waals surface area (Å²) in [6.07, 6.45) is 4.71. The first-order chi connectivity index (χ1) is 13.3. The number of hydrogen-bond donors (Lipinski definition) is 0. The molecule has 5 nitrogen and oxygen atoms in total. The predicted molar refractivity (Wildman–Crippen MR) is 110 cm³/mol. The van der Waals surface area contributed by atoms with Crippen LogP contribution in [0.25, 0.3) is 10.9 Å². The van der Waals surface area contributed by atoms with Crippen LogP contribution < -0.4 is 5.56 Å². The Balaban J connectivity index is 1.53. The predicted octanol–water partition coefficient (Wildman–Crippen LogP) is 3.25. The summed E-state index contributed by atoms with van der Waals surface area (Å²) >= 11 is 6.19. The van der Waals surface area contributed by atoms with E-state index in [1.165, 1.54) is 5.56 Å². The van der Waals surface area contributed by atoms with Crippen molar-refractivity contribution in [3.05, 3.63) is 68.7 Å². The largest absolute Gasteiger partial charge is 0.349 e. The maximum absolute atomic E-state index is 13.4. The number of nitrogens with zero attached hydrogens (tertiary/aromatic N) is 3. The molecule has 2 atom stereocenters. The Kier molecular flexibility index (Phi) is 3.60. The minimum Gasteiger partial charge on any atom is -0.349 e. The normalized spacial score (nSPS) is 23.3. The topological polar surface area (TPSA) is 47.2 Å². The highest BCUT2D eigenvalue weighted by atomic mass is 35.5. The van der Waals surface area contributed by atoms with Crippen molar-refractivity contribution in [2.45, 2.75) is 18.8 Å². The highest BCUT2D eigenvalue weighted by Crippen LogP contribution is 2.59. The van der Waals surface area contributed by atoms with Crippen LogP contribution in [0.4, 0.5) is 0 Å². The number of piperidine rings is 1. The van der Waals surface area contributed by atoms with Crippen LogP contribution in [-0.4, -0.2) is 33.0 Å². The SMILES string of the molecule is Cc1cn(C)c(=O)c2c(C(=O)N3CC4CC4(c4cccc(Cl)c4)C3)cn(C)c12. The Morgan fingerprint density at radius 1 is 1.21 bits per heavy atom. The lowest BCUT2D eigenvalue weighted by molar-refractivity contribution is 0.0774. The lowest BCUT2D eigenvalue weighted by atomic mass is 9.95. The zero-order valence-corrected chi connectivity index (χ0v) is 17.0. The van der Waals surface area contributed by atoms with Gasteiger partial charge >= 0.3 is 0 Å². The molecule has 1 aliphatic heterocycles. The Labute approximate surface area is 168 Å². The van der Waals surface area contributed by atoms with E-state index in [0.29, 0.717) is 23.4 Å². The number of benzene rings is 1. The van der Waals surface area contributed by atoms with Crippen molar-refractivity contribution in [2.75, 3.05) is 13.1 Å². The molecule has 2 fully saturated rings. The fraction of sp³-hybridized carbons (Fsp3) is 0.364. The third kappa shape index (κ3) is 2.32. The monoisotopic (exact) mass is 395 g/mol. The molecule has 28 heavy (non-hydrogen) atoms. The molecule has 0 bridgehead atoms. The molecule has 6 heteroatoms. The summed E-state index contributed by atoms with van der Waals surface area (Å²) in [5, 5.41) is 1.25. The number of carbonyl (C=O) groups is 1. The van der Waals surface area contributed by atoms with Gasteiger partial charge in [-0.3, -0.25) is 9.59 Å². The number of pyridine rings is 1. The zero-order chi connectivity index (χ0) is 19.8. The van der Waals surface area contributed by atoms with E-state index in [4.69, 9.17) is 11.6 Å². The zero-order valence-electron chi connectivity index (χ0n) is 16.2. The van der Waals surface area contributed by atoms with Crippen LogP contribution in [0.5, 0.6) is 0 Å². The summed E-state index contributed by atoms with van der Waals surface area (Å²) in [6, 6.07) is 7.98. The second-order valence-electron chi connectivity index (χ2n) is 8.36. The van der Waals surface area contributed by atoms with Gasteiger partial charge in [-0.15, -0.1) is 0 Å². The number of hydrogen-bond acceptors (Lipinski definition) is 2. The maximum Gasteiger partial charge on any atom is 0.260 e. The van der Waals surface area contributed by atoms with Gasteiger partial charge in [0.2, 0.25) is 0 Å². The molecule has 1 amide bonds. The van der Waals surface area contributed by atoms with Crippen molar-refractivity contribution >= 4 is 28.4 Å². The number of rotatable bonds is 2. The van der Waals surface area contributed by atoms with Gasteiger partial charge < -0.3 is 14.0 Å². The minimum absolute atomic E-state index is 0.0199. The van der Waals surface area contributed by atoms with Gasteiger partial charge in [0, 0.05) is 50.0 Å². The van der Waals surface area contributed by atoms with Gasteiger partial charge in [0.25, 0.3) is 11.5 Å². The minimum atomic E-state index is -0.126. The van der Waals surface area contributed by atoms with Crippen LogP contribution in [-0.2, 0) is 19.5 Å². The Bertz CT molecular complexity index is 1210. The molecule has 0 spiro atoms. The molecule has 1 saturated heterocycles. The summed E-state index contributed by atoms with van der Waals surface area (Å²) in [4.78, 5) is 28.1. The van der Waals surface area contributed by atoms with E-state index in [2.05, 4.69) is 6.07 Å². The lowest BCUT2D eigenvalue weighted by Gasteiger charge is -2.21. The number of carbonyl (C=O) groups excluding carboxylic acids is 1. The van der Waals surface area contributed by atoms with Crippen molar-refractivity contribution in [3.8, 4) is 0 Å². The van der Waals surface area contributed by atoms with Crippen molar-refractivity contribution in [2.24, 2.45) is 20.0 Å². The highest BCUT2D eigenvalue weighted by molar-refractivity contribution is 6.30. The molecule has 3 heterocycles. The first kappa shape index (κ1) is 17.6. The fourth-order valence-corrected chi connectivity index (χ4v) is 5.31. The van der Waals surface area contributed by atoms with Gasteiger partial charge in [-0.2, -0.15) is 0 Å². The molecular weight excluding hydrogens is 374 g/mol. The number of likely N-dealkylation sites (tertiary alicyclic amines) is 1. The number of amides is 1. The van der Waals surface area contributed by atoms with E-state index >= 15 is 0 Å². The molecule has 0 N–H and O–H groups in total. The van der Waals surface area contributed by atoms with Gasteiger partial charge in [-0.05, 0) is 42.5 Å². The molecule has 3 aromatic rings.